The van der Waals surface area contributed by atoms with Crippen LogP contribution in [0.3, 0.4) is 0 Å². The molecule has 192 valence electrons. The van der Waals surface area contributed by atoms with Gasteiger partial charge in [-0.05, 0) is 97.1 Å². The average Bonchev–Trinajstić information content (AvgIpc) is 3.33. The number of hydrogen-bond donors (Lipinski definition) is 3. The first kappa shape index (κ1) is 24.0. The average molecular weight is 495 g/mol. The molecule has 3 saturated carbocycles. The summed E-state index contributed by atoms with van der Waals surface area (Å²) in [6.07, 6.45) is 7.02. The number of aliphatic hydroxyl groups excluding tert-OH is 2. The summed E-state index contributed by atoms with van der Waals surface area (Å²) in [6, 6.07) is 6.34. The molecule has 36 heavy (non-hydrogen) atoms. The Bertz CT molecular complexity index is 1250. The fraction of sp³-hybridized carbons (Fsp3) is 0.586. The van der Waals surface area contributed by atoms with E-state index in [9.17, 15) is 24.5 Å². The van der Waals surface area contributed by atoms with E-state index in [0.717, 1.165) is 42.6 Å². The molecule has 6 nitrogen and oxygen atoms in total. The molecule has 3 N–H and O–H groups in total. The molecule has 7 heteroatoms. The molecular weight excluding hydrogens is 459 g/mol. The van der Waals surface area contributed by atoms with Crippen molar-refractivity contribution in [1.82, 2.24) is 9.78 Å². The van der Waals surface area contributed by atoms with E-state index in [1.165, 1.54) is 17.7 Å². The summed E-state index contributed by atoms with van der Waals surface area (Å²) < 4.78 is 15.3. The summed E-state index contributed by atoms with van der Waals surface area (Å²) in [6.45, 7) is 5.43. The summed E-state index contributed by atoms with van der Waals surface area (Å²) in [4.78, 5) is 12.8. The summed E-state index contributed by atoms with van der Waals surface area (Å²) in [7, 11) is 0. The third kappa shape index (κ3) is 2.93. The number of hydrogen-bond acceptors (Lipinski definition) is 5. The SMILES string of the molecule is C[C@@H]1C[C@H]2[C@@H]3CCC4=Cc5c(cnn5-c5ccc(F)cc5)C[C@]4(C)[C@H]3[C@@H](O)C[C@]2(C)[C@@]1(O)C(=O)CO. The Hall–Kier alpha value is -2.35. The number of benzene rings is 1. The van der Waals surface area contributed by atoms with Gasteiger partial charge in [0.1, 0.15) is 18.0 Å². The van der Waals surface area contributed by atoms with Crippen LogP contribution in [-0.2, 0) is 11.2 Å². The van der Waals surface area contributed by atoms with Crippen LogP contribution >= 0.6 is 0 Å². The largest absolute Gasteiger partial charge is 0.393 e. The van der Waals surface area contributed by atoms with Crippen molar-refractivity contribution in [3.8, 4) is 5.69 Å². The zero-order chi connectivity index (χ0) is 25.6. The number of rotatable bonds is 3. The van der Waals surface area contributed by atoms with Crippen LogP contribution in [0.5, 0.6) is 0 Å². The number of carbonyl (C=O) groups is 1. The highest BCUT2D eigenvalue weighted by Crippen LogP contribution is 2.68. The lowest BCUT2D eigenvalue weighted by atomic mass is 9.45. The third-order valence-electron chi connectivity index (χ3n) is 10.6. The van der Waals surface area contributed by atoms with E-state index in [4.69, 9.17) is 0 Å². The minimum absolute atomic E-state index is 0.0108. The van der Waals surface area contributed by atoms with E-state index in [0.29, 0.717) is 6.42 Å². The van der Waals surface area contributed by atoms with E-state index in [1.54, 1.807) is 12.1 Å². The molecule has 2 aromatic rings. The number of aliphatic hydroxyl groups is 3. The molecule has 4 aliphatic carbocycles. The maximum Gasteiger partial charge on any atom is 0.190 e. The Labute approximate surface area is 210 Å². The van der Waals surface area contributed by atoms with Crippen LogP contribution in [0.1, 0.15) is 57.7 Å². The third-order valence-corrected chi connectivity index (χ3v) is 10.6. The van der Waals surface area contributed by atoms with Crippen molar-refractivity contribution in [3.63, 3.8) is 0 Å². The zero-order valence-electron chi connectivity index (χ0n) is 21.1. The number of ketones is 1. The molecule has 0 saturated heterocycles. The van der Waals surface area contributed by atoms with Gasteiger partial charge in [-0.25, -0.2) is 9.07 Å². The van der Waals surface area contributed by atoms with E-state index in [2.05, 4.69) is 18.1 Å². The van der Waals surface area contributed by atoms with Crippen LogP contribution in [0.2, 0.25) is 0 Å². The first-order valence-corrected chi connectivity index (χ1v) is 13.1. The summed E-state index contributed by atoms with van der Waals surface area (Å²) >= 11 is 0. The first-order chi connectivity index (χ1) is 17.0. The standard InChI is InChI=1S/C29H35FN2O4/c1-16-10-22-21-9-4-18-11-23-17(14-31-32(23)20-7-5-19(30)6-8-20)12-27(18,2)26(21)24(34)13-28(22,3)29(16,36)25(35)15-33/h5-8,11,14,16,21-22,24,26,33-34,36H,4,9-10,12-13,15H2,1-3H3/t16-,21+,22+,24+,26-,27+,28+,29+/m1/s1. The van der Waals surface area contributed by atoms with Gasteiger partial charge in [0, 0.05) is 5.41 Å². The van der Waals surface area contributed by atoms with Crippen molar-refractivity contribution < 1.29 is 24.5 Å². The van der Waals surface area contributed by atoms with Gasteiger partial charge in [-0.3, -0.25) is 4.79 Å². The molecule has 0 aliphatic heterocycles. The quantitative estimate of drug-likeness (QED) is 0.605. The highest BCUT2D eigenvalue weighted by atomic mass is 19.1. The lowest BCUT2D eigenvalue weighted by Crippen LogP contribution is -2.63. The fourth-order valence-corrected chi connectivity index (χ4v) is 9.02. The second kappa shape index (κ2) is 7.83. The van der Waals surface area contributed by atoms with Crippen molar-refractivity contribution in [2.24, 2.45) is 34.5 Å². The number of aromatic nitrogens is 2. The van der Waals surface area contributed by atoms with Crippen LogP contribution in [-0.4, -0.2) is 49.2 Å². The number of allylic oxidation sites excluding steroid dienone is 1. The maximum atomic E-state index is 13.5. The summed E-state index contributed by atoms with van der Waals surface area (Å²) in [5.41, 5.74) is 1.60. The molecule has 8 atom stereocenters. The predicted octanol–water partition coefficient (Wildman–Crippen LogP) is 3.70. The molecule has 6 rings (SSSR count). The van der Waals surface area contributed by atoms with Gasteiger partial charge in [-0.2, -0.15) is 5.10 Å². The zero-order valence-corrected chi connectivity index (χ0v) is 21.1. The normalized spacial score (nSPS) is 41.1. The molecule has 0 spiro atoms. The highest BCUT2D eigenvalue weighted by Gasteiger charge is 2.70. The Balaban J connectivity index is 1.38. The molecule has 0 amide bonds. The van der Waals surface area contributed by atoms with Crippen LogP contribution in [0.25, 0.3) is 11.8 Å². The van der Waals surface area contributed by atoms with Crippen molar-refractivity contribution in [1.29, 1.82) is 0 Å². The van der Waals surface area contributed by atoms with Gasteiger partial charge in [-0.1, -0.05) is 26.3 Å². The Morgan fingerprint density at radius 2 is 1.97 bits per heavy atom. The molecule has 1 aromatic carbocycles. The van der Waals surface area contributed by atoms with E-state index < -0.39 is 29.5 Å². The van der Waals surface area contributed by atoms with Gasteiger partial charge in [0.2, 0.25) is 0 Å². The summed E-state index contributed by atoms with van der Waals surface area (Å²) in [5, 5.41) is 37.6. The molecule has 0 unspecified atom stereocenters. The van der Waals surface area contributed by atoms with Gasteiger partial charge in [0.05, 0.1) is 23.7 Å². The second-order valence-corrected chi connectivity index (χ2v) is 12.2. The van der Waals surface area contributed by atoms with Gasteiger partial charge < -0.3 is 15.3 Å². The second-order valence-electron chi connectivity index (χ2n) is 12.2. The molecular formula is C29H35FN2O4. The predicted molar refractivity (Wildman–Crippen MR) is 133 cm³/mol. The van der Waals surface area contributed by atoms with Crippen molar-refractivity contribution in [2.75, 3.05) is 6.61 Å². The molecule has 1 heterocycles. The monoisotopic (exact) mass is 494 g/mol. The van der Waals surface area contributed by atoms with Gasteiger partial charge in [-0.15, -0.1) is 0 Å². The molecule has 3 fully saturated rings. The molecule has 4 aliphatic rings. The number of fused-ring (bicyclic) bond motifs is 6. The number of nitrogens with zero attached hydrogens (tertiary/aromatic N) is 2. The van der Waals surface area contributed by atoms with Crippen molar-refractivity contribution in [2.45, 2.75) is 64.6 Å². The minimum Gasteiger partial charge on any atom is -0.393 e. The van der Waals surface area contributed by atoms with Crippen LogP contribution < -0.4 is 0 Å². The smallest absolute Gasteiger partial charge is 0.190 e. The number of halogens is 1. The highest BCUT2D eigenvalue weighted by molar-refractivity contribution is 5.90. The van der Waals surface area contributed by atoms with Crippen molar-refractivity contribution in [3.05, 3.63) is 53.1 Å². The molecule has 1 aromatic heterocycles. The Morgan fingerprint density at radius 3 is 2.67 bits per heavy atom. The van der Waals surface area contributed by atoms with E-state index >= 15 is 0 Å². The van der Waals surface area contributed by atoms with Crippen LogP contribution in [0.4, 0.5) is 4.39 Å². The summed E-state index contributed by atoms with van der Waals surface area (Å²) in [5.74, 6) is -0.785. The van der Waals surface area contributed by atoms with Crippen molar-refractivity contribution >= 4 is 11.9 Å². The first-order valence-electron chi connectivity index (χ1n) is 13.1. The maximum absolute atomic E-state index is 13.5. The topological polar surface area (TPSA) is 95.6 Å². The molecule has 0 bridgehead atoms. The van der Waals surface area contributed by atoms with E-state index in [1.807, 2.05) is 24.7 Å². The number of carbonyl (C=O) groups excluding carboxylic acids is 1. The fourth-order valence-electron chi connectivity index (χ4n) is 9.02. The minimum atomic E-state index is -1.62. The van der Waals surface area contributed by atoms with Crippen LogP contribution in [0, 0.1) is 40.3 Å². The van der Waals surface area contributed by atoms with E-state index in [-0.39, 0.29) is 34.9 Å². The lowest BCUT2D eigenvalue weighted by Gasteiger charge is -2.60. The Kier molecular flexibility index (Phi) is 5.22. The van der Waals surface area contributed by atoms with Crippen LogP contribution in [0.15, 0.2) is 36.0 Å². The lowest BCUT2D eigenvalue weighted by molar-refractivity contribution is -0.186. The van der Waals surface area contributed by atoms with Gasteiger partial charge >= 0.3 is 0 Å². The van der Waals surface area contributed by atoms with Gasteiger partial charge in [0.15, 0.2) is 5.78 Å². The number of Topliss-reactive ketones (excluding diaryl/α,β-unsaturated/α-hetero) is 1. The Morgan fingerprint density at radius 1 is 1.25 bits per heavy atom. The molecule has 0 radical (unpaired) electrons. The van der Waals surface area contributed by atoms with Gasteiger partial charge in [0.25, 0.3) is 0 Å².